The lowest BCUT2D eigenvalue weighted by Crippen LogP contribution is -2.53. The van der Waals surface area contributed by atoms with E-state index in [2.05, 4.69) is 15.6 Å². The van der Waals surface area contributed by atoms with Gasteiger partial charge in [-0.15, -0.1) is 5.10 Å². The zero-order valence-corrected chi connectivity index (χ0v) is 12.4. The second-order valence-corrected chi connectivity index (χ2v) is 6.45. The van der Waals surface area contributed by atoms with Crippen molar-refractivity contribution in [1.29, 1.82) is 0 Å². The smallest absolute Gasteiger partial charge is 0.273 e. The number of carbonyl (C=O) groups excluding carboxylic acids is 2. The van der Waals surface area contributed by atoms with Gasteiger partial charge in [-0.1, -0.05) is 11.6 Å². The zero-order valence-electron chi connectivity index (χ0n) is 12.4. The van der Waals surface area contributed by atoms with Gasteiger partial charge in [-0.25, -0.2) is 4.68 Å². The van der Waals surface area contributed by atoms with Crippen LogP contribution in [0.1, 0.15) is 42.6 Å². The molecule has 8 nitrogen and oxygen atoms in total. The van der Waals surface area contributed by atoms with Gasteiger partial charge >= 0.3 is 0 Å². The maximum absolute atomic E-state index is 12.4. The number of carbonyl (C=O) groups is 2. The summed E-state index contributed by atoms with van der Waals surface area (Å²) in [5, 5.41) is 10.6. The Balaban J connectivity index is 1.66. The van der Waals surface area contributed by atoms with Crippen molar-refractivity contribution in [3.63, 3.8) is 0 Å². The highest BCUT2D eigenvalue weighted by atomic mass is 16.2. The lowest BCUT2D eigenvalue weighted by molar-refractivity contribution is -0.118. The fraction of sp³-hybridized carbons (Fsp3) is 0.714. The monoisotopic (exact) mass is 306 g/mol. The number of nitrogens with zero attached hydrogens (tertiary/aromatic N) is 3. The van der Waals surface area contributed by atoms with Gasteiger partial charge in [0, 0.05) is 12.1 Å². The van der Waals surface area contributed by atoms with Gasteiger partial charge in [0.15, 0.2) is 5.69 Å². The minimum Gasteiger partial charge on any atom is -0.368 e. The highest BCUT2D eigenvalue weighted by Crippen LogP contribution is 2.39. The quantitative estimate of drug-likeness (QED) is 0.684. The first-order chi connectivity index (χ1) is 10.5. The lowest BCUT2D eigenvalue weighted by Gasteiger charge is -2.45. The van der Waals surface area contributed by atoms with Crippen LogP contribution in [0.2, 0.25) is 0 Å². The normalized spacial score (nSPS) is 30.8. The third-order valence-corrected chi connectivity index (χ3v) is 4.76. The summed E-state index contributed by atoms with van der Waals surface area (Å²) < 4.78 is 1.27. The Bertz CT molecular complexity index is 557. The van der Waals surface area contributed by atoms with Crippen molar-refractivity contribution < 1.29 is 9.59 Å². The first-order valence-corrected chi connectivity index (χ1v) is 7.78. The first kappa shape index (κ1) is 15.0. The van der Waals surface area contributed by atoms with Crippen LogP contribution >= 0.6 is 0 Å². The van der Waals surface area contributed by atoms with Crippen LogP contribution in [0.25, 0.3) is 0 Å². The van der Waals surface area contributed by atoms with Gasteiger partial charge in [-0.3, -0.25) is 9.59 Å². The van der Waals surface area contributed by atoms with Gasteiger partial charge in [0.2, 0.25) is 5.91 Å². The molecule has 3 rings (SSSR count). The number of amides is 2. The Morgan fingerprint density at radius 2 is 2.00 bits per heavy atom. The molecule has 0 aliphatic heterocycles. The molecule has 0 radical (unpaired) electrons. The summed E-state index contributed by atoms with van der Waals surface area (Å²) in [6, 6.07) is 0.419. The molecule has 1 aromatic rings. The summed E-state index contributed by atoms with van der Waals surface area (Å²) >= 11 is 0. The predicted octanol–water partition coefficient (Wildman–Crippen LogP) is -0.601. The minimum absolute atomic E-state index is 0.0796. The van der Waals surface area contributed by atoms with E-state index in [0.29, 0.717) is 11.8 Å². The number of rotatable bonds is 4. The maximum atomic E-state index is 12.4. The summed E-state index contributed by atoms with van der Waals surface area (Å²) in [6.45, 7) is -0.0796. The highest BCUT2D eigenvalue weighted by Gasteiger charge is 2.40. The molecule has 8 heteroatoms. The van der Waals surface area contributed by atoms with Crippen LogP contribution < -0.4 is 16.8 Å². The number of primary amides is 1. The lowest BCUT2D eigenvalue weighted by atomic mass is 9.67. The molecule has 2 unspecified atom stereocenters. The molecule has 0 saturated heterocycles. The third kappa shape index (κ3) is 3.11. The van der Waals surface area contributed by atoms with Gasteiger partial charge in [-0.2, -0.15) is 0 Å². The number of hydrogen-bond donors (Lipinski definition) is 3. The first-order valence-electron chi connectivity index (χ1n) is 7.78. The van der Waals surface area contributed by atoms with E-state index < -0.39 is 5.91 Å². The molecule has 120 valence electrons. The average Bonchev–Trinajstić information content (AvgIpc) is 2.87. The molecule has 0 spiro atoms. The molecule has 1 heterocycles. The van der Waals surface area contributed by atoms with Crippen LogP contribution in [0.15, 0.2) is 6.20 Å². The molecule has 2 fully saturated rings. The number of hydrogen-bond acceptors (Lipinski definition) is 5. The Labute approximate surface area is 128 Å². The molecule has 2 aliphatic carbocycles. The maximum Gasteiger partial charge on any atom is 0.273 e. The Morgan fingerprint density at radius 1 is 1.32 bits per heavy atom. The molecule has 5 N–H and O–H groups in total. The standard InChI is InChI=1S/C14H22N6O2/c15-10-4-8-2-1-3-9(5-10)13(8)17-14(22)11-6-20(19-18-11)7-12(16)21/h6,8-10,13H,1-5,7,15H2,(H2,16,21)(H,17,22). The Kier molecular flexibility index (Phi) is 4.10. The zero-order chi connectivity index (χ0) is 15.7. The summed E-state index contributed by atoms with van der Waals surface area (Å²) in [7, 11) is 0. The van der Waals surface area contributed by atoms with Crippen molar-refractivity contribution in [1.82, 2.24) is 20.3 Å². The summed E-state index contributed by atoms with van der Waals surface area (Å²) in [6.07, 6.45) is 6.83. The van der Waals surface area contributed by atoms with E-state index in [1.807, 2.05) is 0 Å². The van der Waals surface area contributed by atoms with Crippen molar-refractivity contribution in [2.45, 2.75) is 50.7 Å². The fourth-order valence-electron chi connectivity index (χ4n) is 3.89. The van der Waals surface area contributed by atoms with Crippen molar-refractivity contribution in [3.8, 4) is 0 Å². The summed E-state index contributed by atoms with van der Waals surface area (Å²) in [5.74, 6) is 0.139. The SMILES string of the molecule is NC(=O)Cn1cc(C(=O)NC2C3CCCC2CC(N)C3)nn1. The molecule has 22 heavy (non-hydrogen) atoms. The summed E-state index contributed by atoms with van der Waals surface area (Å²) in [4.78, 5) is 23.2. The topological polar surface area (TPSA) is 129 Å². The number of fused-ring (bicyclic) bond motifs is 2. The minimum atomic E-state index is -0.521. The van der Waals surface area contributed by atoms with E-state index in [-0.39, 0.29) is 30.2 Å². The van der Waals surface area contributed by atoms with Crippen molar-refractivity contribution in [2.75, 3.05) is 0 Å². The summed E-state index contributed by atoms with van der Waals surface area (Å²) in [5.41, 5.74) is 11.4. The molecular formula is C14H22N6O2. The van der Waals surface area contributed by atoms with Crippen LogP contribution in [0.5, 0.6) is 0 Å². The molecule has 2 bridgehead atoms. The van der Waals surface area contributed by atoms with E-state index in [9.17, 15) is 9.59 Å². The predicted molar refractivity (Wildman–Crippen MR) is 78.5 cm³/mol. The third-order valence-electron chi connectivity index (χ3n) is 4.76. The van der Waals surface area contributed by atoms with Gasteiger partial charge in [0.1, 0.15) is 6.54 Å². The highest BCUT2D eigenvalue weighted by molar-refractivity contribution is 5.92. The molecule has 2 saturated carbocycles. The van der Waals surface area contributed by atoms with E-state index in [1.165, 1.54) is 17.3 Å². The van der Waals surface area contributed by atoms with Gasteiger partial charge in [0.25, 0.3) is 5.91 Å². The van der Waals surface area contributed by atoms with Crippen LogP contribution in [-0.2, 0) is 11.3 Å². The second kappa shape index (κ2) is 6.04. The van der Waals surface area contributed by atoms with E-state index >= 15 is 0 Å². The molecule has 2 aliphatic rings. The number of nitrogens with two attached hydrogens (primary N) is 2. The van der Waals surface area contributed by atoms with Crippen molar-refractivity contribution >= 4 is 11.8 Å². The van der Waals surface area contributed by atoms with Gasteiger partial charge in [0.05, 0.1) is 6.20 Å². The van der Waals surface area contributed by atoms with E-state index in [0.717, 1.165) is 25.7 Å². The van der Waals surface area contributed by atoms with Crippen LogP contribution in [0.4, 0.5) is 0 Å². The van der Waals surface area contributed by atoms with Crippen LogP contribution in [0.3, 0.4) is 0 Å². The van der Waals surface area contributed by atoms with Crippen LogP contribution in [-0.4, -0.2) is 38.9 Å². The van der Waals surface area contributed by atoms with Gasteiger partial charge < -0.3 is 16.8 Å². The van der Waals surface area contributed by atoms with Gasteiger partial charge in [-0.05, 0) is 37.5 Å². The number of aromatic nitrogens is 3. The van der Waals surface area contributed by atoms with Crippen LogP contribution in [0, 0.1) is 11.8 Å². The number of nitrogens with one attached hydrogen (secondary N) is 1. The largest absolute Gasteiger partial charge is 0.368 e. The van der Waals surface area contributed by atoms with E-state index in [1.54, 1.807) is 0 Å². The molecule has 0 aromatic carbocycles. The average molecular weight is 306 g/mol. The Hall–Kier alpha value is -1.96. The van der Waals surface area contributed by atoms with E-state index in [4.69, 9.17) is 11.5 Å². The molecule has 2 amide bonds. The second-order valence-electron chi connectivity index (χ2n) is 6.45. The molecule has 2 atom stereocenters. The molecule has 1 aromatic heterocycles. The fourth-order valence-corrected chi connectivity index (χ4v) is 3.89. The Morgan fingerprint density at radius 3 is 2.64 bits per heavy atom. The molecular weight excluding hydrogens is 284 g/mol. The van der Waals surface area contributed by atoms with Crippen molar-refractivity contribution in [3.05, 3.63) is 11.9 Å². The van der Waals surface area contributed by atoms with Crippen molar-refractivity contribution in [2.24, 2.45) is 23.3 Å².